The molecule has 1 N–H and O–H groups in total. The highest BCUT2D eigenvalue weighted by Crippen LogP contribution is 2.18. The van der Waals surface area contributed by atoms with Crippen molar-refractivity contribution in [1.82, 2.24) is 4.98 Å². The molecule has 4 heteroatoms. The van der Waals surface area contributed by atoms with Gasteiger partial charge in [-0.2, -0.15) is 0 Å². The molecule has 19 heavy (non-hydrogen) atoms. The number of carbonyl (C=O) groups is 1. The summed E-state index contributed by atoms with van der Waals surface area (Å²) in [5.41, 5.74) is 1.75. The molecule has 0 aliphatic rings. The third-order valence-corrected chi connectivity index (χ3v) is 2.57. The third kappa shape index (κ3) is 4.47. The summed E-state index contributed by atoms with van der Waals surface area (Å²) in [5, 5.41) is 8.59. The monoisotopic (exact) mass is 258 g/mol. The Balaban J connectivity index is 2.98. The van der Waals surface area contributed by atoms with Gasteiger partial charge in [-0.05, 0) is 36.6 Å². The summed E-state index contributed by atoms with van der Waals surface area (Å²) < 4.78 is 0. The molecule has 0 saturated heterocycles. The number of aliphatic carboxylic acids is 1. The van der Waals surface area contributed by atoms with Crippen LogP contribution in [0.25, 0.3) is 6.08 Å². The van der Waals surface area contributed by atoms with Crippen molar-refractivity contribution in [2.24, 2.45) is 0 Å². The van der Waals surface area contributed by atoms with E-state index in [1.165, 1.54) is 6.08 Å². The van der Waals surface area contributed by atoms with E-state index in [4.69, 9.17) is 11.5 Å². The summed E-state index contributed by atoms with van der Waals surface area (Å²) in [6.07, 6.45) is 10.6. The van der Waals surface area contributed by atoms with Gasteiger partial charge in [0.25, 0.3) is 0 Å². The molecule has 0 aromatic carbocycles. The zero-order valence-electron chi connectivity index (χ0n) is 11.3. The fourth-order valence-corrected chi connectivity index (χ4v) is 1.82. The number of carboxylic acid groups (broad SMARTS) is 1. The largest absolute Gasteiger partial charge is 0.478 e. The summed E-state index contributed by atoms with van der Waals surface area (Å²) in [4.78, 5) is 16.9. The molecule has 0 bridgehead atoms. The maximum atomic E-state index is 10.5. The van der Waals surface area contributed by atoms with Crippen molar-refractivity contribution < 1.29 is 9.90 Å². The van der Waals surface area contributed by atoms with Gasteiger partial charge in [0, 0.05) is 18.8 Å². The molecule has 0 radical (unpaired) electrons. The van der Waals surface area contributed by atoms with Crippen molar-refractivity contribution in [2.45, 2.75) is 20.3 Å². The van der Waals surface area contributed by atoms with Crippen LogP contribution in [0.4, 0.5) is 5.82 Å². The lowest BCUT2D eigenvalue weighted by molar-refractivity contribution is -0.131. The topological polar surface area (TPSA) is 53.4 Å². The van der Waals surface area contributed by atoms with Crippen molar-refractivity contribution in [1.29, 1.82) is 0 Å². The van der Waals surface area contributed by atoms with Gasteiger partial charge < -0.3 is 10.0 Å². The Kier molecular flexibility index (Phi) is 5.62. The maximum Gasteiger partial charge on any atom is 0.328 e. The van der Waals surface area contributed by atoms with E-state index in [1.54, 1.807) is 6.20 Å². The molecule has 0 amide bonds. The van der Waals surface area contributed by atoms with Crippen molar-refractivity contribution in [3.05, 3.63) is 29.5 Å². The van der Waals surface area contributed by atoms with Crippen molar-refractivity contribution >= 4 is 17.9 Å². The van der Waals surface area contributed by atoms with E-state index in [0.717, 1.165) is 36.0 Å². The van der Waals surface area contributed by atoms with Gasteiger partial charge in [0.2, 0.25) is 0 Å². The predicted molar refractivity (Wildman–Crippen MR) is 77.0 cm³/mol. The number of nitrogens with zero attached hydrogens (tertiary/aromatic N) is 2. The van der Waals surface area contributed by atoms with Gasteiger partial charge in [0.1, 0.15) is 5.82 Å². The molecule has 0 aliphatic heterocycles. The molecule has 0 fully saturated rings. The molecule has 0 saturated carbocycles. The first-order valence-corrected chi connectivity index (χ1v) is 6.14. The van der Waals surface area contributed by atoms with E-state index in [-0.39, 0.29) is 0 Å². The average Bonchev–Trinajstić information content (AvgIpc) is 2.36. The second kappa shape index (κ2) is 7.22. The van der Waals surface area contributed by atoms with Gasteiger partial charge in [-0.1, -0.05) is 12.8 Å². The van der Waals surface area contributed by atoms with E-state index in [9.17, 15) is 4.79 Å². The first-order valence-electron chi connectivity index (χ1n) is 6.14. The maximum absolute atomic E-state index is 10.5. The highest BCUT2D eigenvalue weighted by molar-refractivity contribution is 5.85. The van der Waals surface area contributed by atoms with Crippen molar-refractivity contribution in [3.8, 4) is 12.3 Å². The van der Waals surface area contributed by atoms with Gasteiger partial charge in [-0.25, -0.2) is 9.78 Å². The van der Waals surface area contributed by atoms with Crippen LogP contribution in [0.2, 0.25) is 0 Å². The molecule has 0 unspecified atom stereocenters. The predicted octanol–water partition coefficient (Wildman–Crippen LogP) is 2.34. The highest BCUT2D eigenvalue weighted by Gasteiger charge is 2.09. The molecule has 1 aromatic rings. The van der Waals surface area contributed by atoms with Gasteiger partial charge in [-0.15, -0.1) is 6.42 Å². The molecule has 0 aliphatic carbocycles. The number of carboxylic acids is 1. The SMILES string of the molecule is C#CCN(CCC)c1ncc(/C=C/C(=O)O)cc1C. The van der Waals surface area contributed by atoms with Crippen LogP contribution in [0.5, 0.6) is 0 Å². The van der Waals surface area contributed by atoms with Gasteiger partial charge >= 0.3 is 5.97 Å². The van der Waals surface area contributed by atoms with Crippen LogP contribution in [0.3, 0.4) is 0 Å². The van der Waals surface area contributed by atoms with Gasteiger partial charge in [0.15, 0.2) is 0 Å². The lowest BCUT2D eigenvalue weighted by Gasteiger charge is -2.22. The summed E-state index contributed by atoms with van der Waals surface area (Å²) in [6, 6.07) is 1.90. The number of hydrogen-bond acceptors (Lipinski definition) is 3. The quantitative estimate of drug-likeness (QED) is 0.628. The fraction of sp³-hybridized carbons (Fsp3) is 0.333. The molecule has 1 heterocycles. The minimum Gasteiger partial charge on any atom is -0.478 e. The Morgan fingerprint density at radius 3 is 2.89 bits per heavy atom. The van der Waals surface area contributed by atoms with E-state index in [0.29, 0.717) is 6.54 Å². The standard InChI is InChI=1S/C15H18N2O2/c1-4-8-17(9-5-2)15-12(3)10-13(11-16-15)6-7-14(18)19/h1,6-7,10-11H,5,8-9H2,2-3H3,(H,18,19)/b7-6+. The summed E-state index contributed by atoms with van der Waals surface area (Å²) >= 11 is 0. The van der Waals surface area contributed by atoms with Crippen LogP contribution >= 0.6 is 0 Å². The molecular weight excluding hydrogens is 240 g/mol. The van der Waals surface area contributed by atoms with Crippen molar-refractivity contribution in [2.75, 3.05) is 18.0 Å². The number of anilines is 1. The number of pyridine rings is 1. The van der Waals surface area contributed by atoms with Crippen LogP contribution < -0.4 is 4.90 Å². The number of rotatable bonds is 6. The highest BCUT2D eigenvalue weighted by atomic mass is 16.4. The molecule has 4 nitrogen and oxygen atoms in total. The Hall–Kier alpha value is -2.28. The smallest absolute Gasteiger partial charge is 0.328 e. The van der Waals surface area contributed by atoms with Crippen LogP contribution in [0, 0.1) is 19.3 Å². The van der Waals surface area contributed by atoms with Crippen LogP contribution in [-0.2, 0) is 4.79 Å². The van der Waals surface area contributed by atoms with Crippen LogP contribution in [0.1, 0.15) is 24.5 Å². The molecule has 1 aromatic heterocycles. The van der Waals surface area contributed by atoms with Gasteiger partial charge in [-0.3, -0.25) is 0 Å². The number of hydrogen-bond donors (Lipinski definition) is 1. The second-order valence-corrected chi connectivity index (χ2v) is 4.21. The zero-order chi connectivity index (χ0) is 14.3. The fourth-order valence-electron chi connectivity index (χ4n) is 1.82. The normalized spacial score (nSPS) is 10.4. The second-order valence-electron chi connectivity index (χ2n) is 4.21. The lowest BCUT2D eigenvalue weighted by atomic mass is 10.2. The van der Waals surface area contributed by atoms with E-state index < -0.39 is 5.97 Å². The summed E-state index contributed by atoms with van der Waals surface area (Å²) in [7, 11) is 0. The average molecular weight is 258 g/mol. The lowest BCUT2D eigenvalue weighted by Crippen LogP contribution is -2.26. The molecule has 100 valence electrons. The number of aryl methyl sites for hydroxylation is 1. The Labute approximate surface area is 113 Å². The molecular formula is C15H18N2O2. The zero-order valence-corrected chi connectivity index (χ0v) is 11.3. The third-order valence-electron chi connectivity index (χ3n) is 2.57. The van der Waals surface area contributed by atoms with Crippen LogP contribution in [-0.4, -0.2) is 29.1 Å². The van der Waals surface area contributed by atoms with E-state index >= 15 is 0 Å². The first-order chi connectivity index (χ1) is 9.08. The van der Waals surface area contributed by atoms with Crippen LogP contribution in [0.15, 0.2) is 18.3 Å². The molecule has 0 atom stereocenters. The Bertz CT molecular complexity index is 515. The van der Waals surface area contributed by atoms with E-state index in [1.807, 2.05) is 17.9 Å². The minimum atomic E-state index is -0.971. The van der Waals surface area contributed by atoms with Crippen molar-refractivity contribution in [3.63, 3.8) is 0 Å². The first kappa shape index (κ1) is 14.8. The summed E-state index contributed by atoms with van der Waals surface area (Å²) in [5.74, 6) is 2.51. The Morgan fingerprint density at radius 1 is 1.63 bits per heavy atom. The van der Waals surface area contributed by atoms with E-state index in [2.05, 4.69) is 17.8 Å². The molecule has 0 spiro atoms. The number of terminal acetylenes is 1. The Morgan fingerprint density at radius 2 is 2.37 bits per heavy atom. The summed E-state index contributed by atoms with van der Waals surface area (Å²) in [6.45, 7) is 5.40. The number of aromatic nitrogens is 1. The van der Waals surface area contributed by atoms with Gasteiger partial charge in [0.05, 0.1) is 6.54 Å². The molecule has 1 rings (SSSR count). The minimum absolute atomic E-state index is 0.520.